The predicted molar refractivity (Wildman–Crippen MR) is 134 cm³/mol. The van der Waals surface area contributed by atoms with Crippen LogP contribution < -0.4 is 15.0 Å². The molecule has 0 fully saturated rings. The Labute approximate surface area is 205 Å². The molecule has 0 spiro atoms. The Hall–Kier alpha value is -4.44. The molecule has 1 N–H and O–H groups in total. The number of nitrogens with zero attached hydrogens (tertiary/aromatic N) is 2. The number of halogens is 1. The number of pyridine rings is 1. The molecule has 0 radical (unpaired) electrons. The molecule has 0 aliphatic rings. The lowest BCUT2D eigenvalue weighted by Gasteiger charge is -2.16. The fourth-order valence-corrected chi connectivity index (χ4v) is 5.07. The van der Waals surface area contributed by atoms with E-state index in [2.05, 4.69) is 14.4 Å². The number of anilines is 1. The summed E-state index contributed by atoms with van der Waals surface area (Å²) >= 11 is 0. The van der Waals surface area contributed by atoms with Gasteiger partial charge in [0.15, 0.2) is 5.82 Å². The first-order valence-electron chi connectivity index (χ1n) is 10.8. The first kappa shape index (κ1) is 23.3. The highest BCUT2D eigenvalue weighted by Crippen LogP contribution is 2.32. The van der Waals surface area contributed by atoms with Gasteiger partial charge >= 0.3 is 0 Å². The van der Waals surface area contributed by atoms with Crippen molar-refractivity contribution in [3.8, 4) is 22.6 Å². The van der Waals surface area contributed by atoms with Crippen LogP contribution in [0.3, 0.4) is 0 Å². The maximum absolute atomic E-state index is 14.0. The third-order valence-corrected chi connectivity index (χ3v) is 7.00. The van der Waals surface area contributed by atoms with E-state index in [1.165, 1.54) is 54.3 Å². The topological polar surface area (TPSA) is 103 Å². The number of aryl methyl sites for hydroxylation is 1. The van der Waals surface area contributed by atoms with Gasteiger partial charge in [-0.15, -0.1) is 0 Å². The van der Waals surface area contributed by atoms with Gasteiger partial charge in [0, 0.05) is 17.5 Å². The molecule has 10 heteroatoms. The average Bonchev–Trinajstić information content (AvgIpc) is 3.35. The van der Waals surface area contributed by atoms with Gasteiger partial charge < -0.3 is 9.26 Å². The largest absolute Gasteiger partial charge is 0.495 e. The quantitative estimate of drug-likeness (QED) is 0.352. The predicted octanol–water partition coefficient (Wildman–Crippen LogP) is 4.90. The van der Waals surface area contributed by atoms with Crippen LogP contribution in [0.15, 0.2) is 93.3 Å². The van der Waals surface area contributed by atoms with Crippen LogP contribution in [0.4, 0.5) is 10.2 Å². The van der Waals surface area contributed by atoms with Crippen LogP contribution in [0.25, 0.3) is 27.7 Å². The standard InChI is InChI=1S/C26H20FN3O5S/c1-16-11-19(13-20(27)12-16)17-3-6-23(24(15-17)34-2)30-22-7-5-21(14-18(22)4-8-26(30)31)36(32,33)29-25-9-10-35-28-25/h3-15H,1-2H3,(H,28,29). The molecular formula is C26H20FN3O5S. The number of aromatic nitrogens is 2. The first-order valence-corrected chi connectivity index (χ1v) is 12.3. The van der Waals surface area contributed by atoms with Crippen LogP contribution in [0.1, 0.15) is 5.56 Å². The molecule has 0 atom stereocenters. The average molecular weight is 506 g/mol. The molecular weight excluding hydrogens is 485 g/mol. The molecule has 0 bridgehead atoms. The summed E-state index contributed by atoms with van der Waals surface area (Å²) in [5.41, 5.74) is 2.79. The Morgan fingerprint density at radius 3 is 2.53 bits per heavy atom. The minimum atomic E-state index is -3.93. The monoisotopic (exact) mass is 505 g/mol. The lowest BCUT2D eigenvalue weighted by atomic mass is 10.0. The van der Waals surface area contributed by atoms with Crippen molar-refractivity contribution in [2.75, 3.05) is 11.8 Å². The van der Waals surface area contributed by atoms with Crippen LogP contribution in [-0.2, 0) is 10.0 Å². The highest BCUT2D eigenvalue weighted by molar-refractivity contribution is 7.92. The second kappa shape index (κ2) is 8.97. The minimum Gasteiger partial charge on any atom is -0.495 e. The highest BCUT2D eigenvalue weighted by atomic mass is 32.2. The van der Waals surface area contributed by atoms with Gasteiger partial charge in [0.2, 0.25) is 0 Å². The van der Waals surface area contributed by atoms with Crippen molar-refractivity contribution in [3.63, 3.8) is 0 Å². The van der Waals surface area contributed by atoms with Crippen molar-refractivity contribution < 1.29 is 22.1 Å². The molecule has 5 aromatic rings. The Balaban J connectivity index is 1.61. The summed E-state index contributed by atoms with van der Waals surface area (Å²) in [7, 11) is -2.45. The van der Waals surface area contributed by atoms with Gasteiger partial charge in [-0.25, -0.2) is 12.8 Å². The van der Waals surface area contributed by atoms with Crippen molar-refractivity contribution in [1.29, 1.82) is 0 Å². The Morgan fingerprint density at radius 2 is 1.81 bits per heavy atom. The number of fused-ring (bicyclic) bond motifs is 1. The lowest BCUT2D eigenvalue weighted by molar-refractivity contribution is 0.413. The molecule has 0 unspecified atom stereocenters. The smallest absolute Gasteiger partial charge is 0.263 e. The number of hydrogen-bond donors (Lipinski definition) is 1. The number of benzene rings is 3. The molecule has 3 aromatic carbocycles. The molecule has 2 aromatic heterocycles. The SMILES string of the molecule is COc1cc(-c2cc(C)cc(F)c2)ccc1-n1c(=O)ccc2cc(S(=O)(=O)Nc3ccon3)ccc21. The van der Waals surface area contributed by atoms with Crippen molar-refractivity contribution in [1.82, 2.24) is 9.72 Å². The van der Waals surface area contributed by atoms with Crippen molar-refractivity contribution >= 4 is 26.7 Å². The van der Waals surface area contributed by atoms with Crippen LogP contribution >= 0.6 is 0 Å². The van der Waals surface area contributed by atoms with Crippen molar-refractivity contribution in [3.05, 3.63) is 101 Å². The lowest BCUT2D eigenvalue weighted by Crippen LogP contribution is -2.18. The van der Waals surface area contributed by atoms with Crippen molar-refractivity contribution in [2.24, 2.45) is 0 Å². The first-order chi connectivity index (χ1) is 17.2. The van der Waals surface area contributed by atoms with Crippen LogP contribution in [0, 0.1) is 12.7 Å². The van der Waals surface area contributed by atoms with Crippen molar-refractivity contribution in [2.45, 2.75) is 11.8 Å². The summed E-state index contributed by atoms with van der Waals surface area (Å²) in [6.07, 6.45) is 1.26. The van der Waals surface area contributed by atoms with E-state index < -0.39 is 10.0 Å². The van der Waals surface area contributed by atoms with E-state index in [1.807, 2.05) is 13.0 Å². The molecule has 0 saturated heterocycles. The number of sulfonamides is 1. The van der Waals surface area contributed by atoms with Gasteiger partial charge in [0.1, 0.15) is 17.8 Å². The molecule has 0 aliphatic carbocycles. The molecule has 0 aliphatic heterocycles. The van der Waals surface area contributed by atoms with Gasteiger partial charge in [-0.1, -0.05) is 17.3 Å². The maximum atomic E-state index is 14.0. The third kappa shape index (κ3) is 4.34. The Morgan fingerprint density at radius 1 is 0.972 bits per heavy atom. The summed E-state index contributed by atoms with van der Waals surface area (Å²) in [5.74, 6) is 0.105. The normalized spacial score (nSPS) is 11.5. The molecule has 0 amide bonds. The fraction of sp³-hybridized carbons (Fsp3) is 0.0769. The molecule has 2 heterocycles. The van der Waals surface area contributed by atoms with Gasteiger partial charge in [-0.05, 0) is 72.1 Å². The number of ether oxygens (including phenoxy) is 1. The van der Waals surface area contributed by atoms with Gasteiger partial charge in [0.25, 0.3) is 15.6 Å². The molecule has 36 heavy (non-hydrogen) atoms. The molecule has 182 valence electrons. The third-order valence-electron chi connectivity index (χ3n) is 5.65. The van der Waals surface area contributed by atoms with Gasteiger partial charge in [-0.2, -0.15) is 0 Å². The number of hydrogen-bond acceptors (Lipinski definition) is 6. The Kier molecular flexibility index (Phi) is 5.81. The second-order valence-corrected chi connectivity index (χ2v) is 9.80. The van der Waals surface area contributed by atoms with E-state index in [0.717, 1.165) is 11.1 Å². The minimum absolute atomic E-state index is 0.00742. The van der Waals surface area contributed by atoms with E-state index in [9.17, 15) is 17.6 Å². The van der Waals surface area contributed by atoms with E-state index >= 15 is 0 Å². The summed E-state index contributed by atoms with van der Waals surface area (Å²) < 4.78 is 53.5. The summed E-state index contributed by atoms with van der Waals surface area (Å²) in [5, 5.41) is 4.08. The van der Waals surface area contributed by atoms with E-state index in [4.69, 9.17) is 4.74 Å². The summed E-state index contributed by atoms with van der Waals surface area (Å²) in [4.78, 5) is 12.9. The highest BCUT2D eigenvalue weighted by Gasteiger charge is 2.18. The second-order valence-electron chi connectivity index (χ2n) is 8.12. The van der Waals surface area contributed by atoms with Gasteiger partial charge in [0.05, 0.1) is 23.2 Å². The number of methoxy groups -OCH3 is 1. The number of nitrogens with one attached hydrogen (secondary N) is 1. The fourth-order valence-electron chi connectivity index (χ4n) is 4.05. The van der Waals surface area contributed by atoms with Crippen LogP contribution in [0.2, 0.25) is 0 Å². The summed E-state index contributed by atoms with van der Waals surface area (Å²) in [6.45, 7) is 1.81. The summed E-state index contributed by atoms with van der Waals surface area (Å²) in [6, 6.07) is 18.7. The van der Waals surface area contributed by atoms with Crippen LogP contribution in [0.5, 0.6) is 5.75 Å². The van der Waals surface area contributed by atoms with E-state index in [-0.39, 0.29) is 22.1 Å². The molecule has 5 rings (SSSR count). The molecule has 8 nitrogen and oxygen atoms in total. The van der Waals surface area contributed by atoms with Crippen LogP contribution in [-0.4, -0.2) is 25.3 Å². The maximum Gasteiger partial charge on any atom is 0.263 e. The molecule has 0 saturated carbocycles. The van der Waals surface area contributed by atoms with Gasteiger partial charge in [-0.3, -0.25) is 14.1 Å². The number of rotatable bonds is 6. The zero-order valence-corrected chi connectivity index (χ0v) is 20.0. The zero-order chi connectivity index (χ0) is 25.4. The van der Waals surface area contributed by atoms with E-state index in [1.54, 1.807) is 30.3 Å². The zero-order valence-electron chi connectivity index (χ0n) is 19.2. The van der Waals surface area contributed by atoms with E-state index in [0.29, 0.717) is 27.9 Å². The Bertz CT molecular complexity index is 1740.